The molecule has 4 aliphatic rings. The molecule has 1 unspecified atom stereocenters. The van der Waals surface area contributed by atoms with Gasteiger partial charge in [0.05, 0.1) is 18.8 Å². The van der Waals surface area contributed by atoms with E-state index < -0.39 is 23.5 Å². The van der Waals surface area contributed by atoms with Crippen molar-refractivity contribution in [3.63, 3.8) is 0 Å². The zero-order valence-electron chi connectivity index (χ0n) is 14.9. The quantitative estimate of drug-likeness (QED) is 0.852. The summed E-state index contributed by atoms with van der Waals surface area (Å²) in [5.74, 6) is -1.98. The van der Waals surface area contributed by atoms with Crippen LogP contribution in [0.1, 0.15) is 56.9 Å². The van der Waals surface area contributed by atoms with E-state index in [9.17, 15) is 13.9 Å². The SMILES string of the molecule is OCCC12CCC(c3cc(F)c(F)c(OC4CCCCO4)c3)(CC1)OC2. The van der Waals surface area contributed by atoms with Gasteiger partial charge in [-0.2, -0.15) is 4.39 Å². The van der Waals surface area contributed by atoms with Gasteiger partial charge in [0.15, 0.2) is 17.9 Å². The van der Waals surface area contributed by atoms with Gasteiger partial charge in [0, 0.05) is 13.0 Å². The second-order valence-electron chi connectivity index (χ2n) is 7.94. The van der Waals surface area contributed by atoms with Crippen LogP contribution in [0, 0.1) is 17.0 Å². The van der Waals surface area contributed by atoms with Gasteiger partial charge in [0.25, 0.3) is 0 Å². The van der Waals surface area contributed by atoms with E-state index in [4.69, 9.17) is 14.2 Å². The Labute approximate surface area is 152 Å². The molecule has 3 heterocycles. The molecule has 0 spiro atoms. The van der Waals surface area contributed by atoms with Gasteiger partial charge < -0.3 is 19.3 Å². The topological polar surface area (TPSA) is 47.9 Å². The van der Waals surface area contributed by atoms with Crippen molar-refractivity contribution in [3.05, 3.63) is 29.3 Å². The van der Waals surface area contributed by atoms with Crippen LogP contribution in [-0.4, -0.2) is 31.2 Å². The van der Waals surface area contributed by atoms with Crippen molar-refractivity contribution in [2.24, 2.45) is 5.41 Å². The molecule has 1 aromatic carbocycles. The first-order chi connectivity index (χ1) is 12.6. The molecule has 6 heteroatoms. The molecule has 3 aliphatic heterocycles. The average molecular weight is 368 g/mol. The first kappa shape index (κ1) is 18.1. The highest BCUT2D eigenvalue weighted by Crippen LogP contribution is 2.55. The van der Waals surface area contributed by atoms with Crippen molar-refractivity contribution < 1.29 is 28.1 Å². The van der Waals surface area contributed by atoms with E-state index in [1.54, 1.807) is 6.07 Å². The van der Waals surface area contributed by atoms with Gasteiger partial charge in [0.2, 0.25) is 5.82 Å². The molecule has 1 aliphatic carbocycles. The number of ether oxygens (including phenoxy) is 3. The molecule has 26 heavy (non-hydrogen) atoms. The first-order valence-electron chi connectivity index (χ1n) is 9.59. The Morgan fingerprint density at radius 3 is 2.58 bits per heavy atom. The van der Waals surface area contributed by atoms with Crippen molar-refractivity contribution in [2.75, 3.05) is 19.8 Å². The lowest BCUT2D eigenvalue weighted by Gasteiger charge is -2.53. The van der Waals surface area contributed by atoms with Crippen molar-refractivity contribution in [1.82, 2.24) is 0 Å². The smallest absolute Gasteiger partial charge is 0.200 e. The van der Waals surface area contributed by atoms with Crippen LogP contribution in [0.2, 0.25) is 0 Å². The van der Waals surface area contributed by atoms with Gasteiger partial charge >= 0.3 is 0 Å². The Morgan fingerprint density at radius 1 is 1.15 bits per heavy atom. The maximum Gasteiger partial charge on any atom is 0.200 e. The molecule has 1 atom stereocenters. The largest absolute Gasteiger partial charge is 0.462 e. The number of halogens is 2. The van der Waals surface area contributed by atoms with Crippen LogP contribution in [0.25, 0.3) is 0 Å². The molecule has 5 rings (SSSR count). The van der Waals surface area contributed by atoms with Gasteiger partial charge in [-0.05, 0) is 68.1 Å². The van der Waals surface area contributed by atoms with Crippen molar-refractivity contribution in [3.8, 4) is 5.75 Å². The van der Waals surface area contributed by atoms with Crippen molar-refractivity contribution in [2.45, 2.75) is 63.3 Å². The van der Waals surface area contributed by atoms with Gasteiger partial charge in [-0.25, -0.2) is 4.39 Å². The molecule has 0 radical (unpaired) electrons. The van der Waals surface area contributed by atoms with Crippen LogP contribution >= 0.6 is 0 Å². The molecule has 4 fully saturated rings. The fourth-order valence-corrected chi connectivity index (χ4v) is 4.55. The van der Waals surface area contributed by atoms with Gasteiger partial charge in [-0.1, -0.05) is 0 Å². The van der Waals surface area contributed by atoms with E-state index in [2.05, 4.69) is 0 Å². The molecule has 144 valence electrons. The van der Waals surface area contributed by atoms with Crippen molar-refractivity contribution in [1.29, 1.82) is 0 Å². The Hall–Kier alpha value is -1.24. The summed E-state index contributed by atoms with van der Waals surface area (Å²) in [6, 6.07) is 2.83. The highest BCUT2D eigenvalue weighted by molar-refractivity contribution is 5.36. The number of aliphatic hydroxyl groups is 1. The van der Waals surface area contributed by atoms with Crippen LogP contribution in [0.3, 0.4) is 0 Å². The monoisotopic (exact) mass is 368 g/mol. The lowest BCUT2D eigenvalue weighted by molar-refractivity contribution is -0.193. The number of aliphatic hydroxyl groups excluding tert-OH is 1. The summed E-state index contributed by atoms with van der Waals surface area (Å²) in [4.78, 5) is 0. The molecule has 1 N–H and O–H groups in total. The maximum atomic E-state index is 14.3. The maximum absolute atomic E-state index is 14.3. The van der Waals surface area contributed by atoms with E-state index in [-0.39, 0.29) is 17.8 Å². The third-order valence-corrected chi connectivity index (χ3v) is 6.33. The summed E-state index contributed by atoms with van der Waals surface area (Å²) < 4.78 is 45.8. The summed E-state index contributed by atoms with van der Waals surface area (Å²) in [5.41, 5.74) is 0.0845. The summed E-state index contributed by atoms with van der Waals surface area (Å²) >= 11 is 0. The van der Waals surface area contributed by atoms with Crippen LogP contribution in [0.4, 0.5) is 8.78 Å². The van der Waals surface area contributed by atoms with E-state index in [0.717, 1.165) is 44.9 Å². The summed E-state index contributed by atoms with van der Waals surface area (Å²) in [5, 5.41) is 9.30. The Kier molecular flexibility index (Phi) is 4.92. The lowest BCUT2D eigenvalue weighted by Crippen LogP contribution is -2.49. The Bertz CT molecular complexity index is 633. The lowest BCUT2D eigenvalue weighted by atomic mass is 9.63. The third kappa shape index (κ3) is 3.23. The highest BCUT2D eigenvalue weighted by atomic mass is 19.2. The van der Waals surface area contributed by atoms with Crippen LogP contribution in [-0.2, 0) is 15.1 Å². The molecule has 0 aromatic heterocycles. The predicted octanol–water partition coefficient (Wildman–Crippen LogP) is 4.04. The normalized spacial score (nSPS) is 34.0. The zero-order valence-corrected chi connectivity index (χ0v) is 14.9. The molecule has 4 nitrogen and oxygen atoms in total. The standard InChI is InChI=1S/C20H26F2O4/c21-15-11-14(12-16(18(15)22)26-17-3-1-2-10-24-17)20-6-4-19(5-7-20,8-9-23)13-25-20/h11-12,17,23H,1-10,13H2. The fraction of sp³-hybridized carbons (Fsp3) is 0.700. The van der Waals surface area contributed by atoms with E-state index in [0.29, 0.717) is 25.2 Å². The fourth-order valence-electron chi connectivity index (χ4n) is 4.55. The second-order valence-corrected chi connectivity index (χ2v) is 7.94. The minimum atomic E-state index is -0.972. The second kappa shape index (κ2) is 7.06. The molecule has 0 amide bonds. The molecule has 1 saturated carbocycles. The predicted molar refractivity (Wildman–Crippen MR) is 90.8 cm³/mol. The highest BCUT2D eigenvalue weighted by Gasteiger charge is 2.50. The van der Waals surface area contributed by atoms with E-state index in [1.165, 1.54) is 6.07 Å². The van der Waals surface area contributed by atoms with Crippen LogP contribution in [0.15, 0.2) is 12.1 Å². The Morgan fingerprint density at radius 2 is 1.96 bits per heavy atom. The van der Waals surface area contributed by atoms with Gasteiger partial charge in [-0.15, -0.1) is 0 Å². The van der Waals surface area contributed by atoms with E-state index in [1.807, 2.05) is 0 Å². The summed E-state index contributed by atoms with van der Waals surface area (Å²) in [6.07, 6.45) is 6.14. The molecule has 2 bridgehead atoms. The molecular formula is C20H26F2O4. The molecule has 3 saturated heterocycles. The Balaban J connectivity index is 1.57. The minimum Gasteiger partial charge on any atom is -0.462 e. The number of fused-ring (bicyclic) bond motifs is 3. The molecular weight excluding hydrogens is 342 g/mol. The van der Waals surface area contributed by atoms with Crippen LogP contribution in [0.5, 0.6) is 5.75 Å². The van der Waals surface area contributed by atoms with Gasteiger partial charge in [0.1, 0.15) is 0 Å². The number of benzene rings is 1. The van der Waals surface area contributed by atoms with Crippen molar-refractivity contribution >= 4 is 0 Å². The summed E-state index contributed by atoms with van der Waals surface area (Å²) in [7, 11) is 0. The minimum absolute atomic E-state index is 0.0321. The number of hydrogen-bond donors (Lipinski definition) is 1. The number of rotatable bonds is 5. The van der Waals surface area contributed by atoms with Crippen LogP contribution < -0.4 is 4.74 Å². The first-order valence-corrected chi connectivity index (χ1v) is 9.59. The number of hydrogen-bond acceptors (Lipinski definition) is 4. The zero-order chi connectivity index (χ0) is 18.2. The molecule has 1 aromatic rings. The van der Waals surface area contributed by atoms with Gasteiger partial charge in [-0.3, -0.25) is 0 Å². The summed E-state index contributed by atoms with van der Waals surface area (Å²) in [6.45, 7) is 1.28. The third-order valence-electron chi connectivity index (χ3n) is 6.33. The van der Waals surface area contributed by atoms with E-state index >= 15 is 0 Å². The average Bonchev–Trinajstić information content (AvgIpc) is 2.67.